The molecule has 14 heavy (non-hydrogen) atoms. The minimum atomic E-state index is -0.0205. The van der Waals surface area contributed by atoms with Crippen LogP contribution in [0.2, 0.25) is 0 Å². The third-order valence-electron chi connectivity index (χ3n) is 2.15. The SMILES string of the molecule is OCCc1c(O)ccc2c1OCCO2. The second kappa shape index (κ2) is 3.75. The summed E-state index contributed by atoms with van der Waals surface area (Å²) in [6, 6.07) is 3.23. The number of aliphatic hydroxyl groups is 1. The lowest BCUT2D eigenvalue weighted by atomic mass is 10.1. The predicted octanol–water partition coefficient (Wildman–Crippen LogP) is 0.698. The molecule has 0 radical (unpaired) electrons. The van der Waals surface area contributed by atoms with E-state index in [1.165, 1.54) is 0 Å². The van der Waals surface area contributed by atoms with Gasteiger partial charge < -0.3 is 19.7 Å². The number of phenols is 1. The fraction of sp³-hybridized carbons (Fsp3) is 0.400. The minimum Gasteiger partial charge on any atom is -0.508 e. The molecular formula is C10H12O4. The summed E-state index contributed by atoms with van der Waals surface area (Å²) in [7, 11) is 0. The predicted molar refractivity (Wildman–Crippen MR) is 49.9 cm³/mol. The van der Waals surface area contributed by atoms with Crippen LogP contribution in [0.3, 0.4) is 0 Å². The van der Waals surface area contributed by atoms with Gasteiger partial charge in [-0.3, -0.25) is 0 Å². The lowest BCUT2D eigenvalue weighted by molar-refractivity contribution is 0.168. The van der Waals surface area contributed by atoms with E-state index < -0.39 is 0 Å². The zero-order valence-electron chi connectivity index (χ0n) is 7.69. The number of ether oxygens (including phenoxy) is 2. The smallest absolute Gasteiger partial charge is 0.168 e. The van der Waals surface area contributed by atoms with Crippen LogP contribution in [0.15, 0.2) is 12.1 Å². The van der Waals surface area contributed by atoms with E-state index in [1.54, 1.807) is 12.1 Å². The van der Waals surface area contributed by atoms with Gasteiger partial charge in [-0.15, -0.1) is 0 Å². The maximum atomic E-state index is 9.55. The van der Waals surface area contributed by atoms with Crippen molar-refractivity contribution in [1.82, 2.24) is 0 Å². The van der Waals surface area contributed by atoms with Gasteiger partial charge in [-0.25, -0.2) is 0 Å². The van der Waals surface area contributed by atoms with Crippen LogP contribution in [-0.4, -0.2) is 30.0 Å². The Morgan fingerprint density at radius 2 is 2.00 bits per heavy atom. The minimum absolute atomic E-state index is 0.0205. The molecule has 2 rings (SSSR count). The number of phenolic OH excluding ortho intramolecular Hbond substituents is 1. The molecule has 0 fully saturated rings. The molecule has 0 aliphatic carbocycles. The van der Waals surface area contributed by atoms with Crippen molar-refractivity contribution in [3.8, 4) is 17.2 Å². The van der Waals surface area contributed by atoms with Crippen LogP contribution in [0, 0.1) is 0 Å². The van der Waals surface area contributed by atoms with Gasteiger partial charge in [0.25, 0.3) is 0 Å². The van der Waals surface area contributed by atoms with Crippen LogP contribution in [0.1, 0.15) is 5.56 Å². The molecule has 1 aliphatic rings. The van der Waals surface area contributed by atoms with Gasteiger partial charge in [-0.2, -0.15) is 0 Å². The fourth-order valence-corrected chi connectivity index (χ4v) is 1.52. The fourth-order valence-electron chi connectivity index (χ4n) is 1.52. The first-order valence-corrected chi connectivity index (χ1v) is 4.54. The van der Waals surface area contributed by atoms with E-state index >= 15 is 0 Å². The van der Waals surface area contributed by atoms with E-state index in [0.29, 0.717) is 36.7 Å². The molecule has 76 valence electrons. The van der Waals surface area contributed by atoms with Gasteiger partial charge >= 0.3 is 0 Å². The summed E-state index contributed by atoms with van der Waals surface area (Å²) in [5, 5.41) is 18.4. The van der Waals surface area contributed by atoms with Crippen molar-refractivity contribution in [3.05, 3.63) is 17.7 Å². The summed E-state index contributed by atoms with van der Waals surface area (Å²) in [5.74, 6) is 1.34. The summed E-state index contributed by atoms with van der Waals surface area (Å²) >= 11 is 0. The number of fused-ring (bicyclic) bond motifs is 1. The van der Waals surface area contributed by atoms with Crippen molar-refractivity contribution < 1.29 is 19.7 Å². The van der Waals surface area contributed by atoms with Gasteiger partial charge in [-0.1, -0.05) is 0 Å². The standard InChI is InChI=1S/C10H12O4/c11-4-3-7-8(12)1-2-9-10(7)14-6-5-13-9/h1-2,11-12H,3-6H2. The molecule has 1 aliphatic heterocycles. The average Bonchev–Trinajstić information content (AvgIpc) is 2.23. The molecule has 0 saturated carbocycles. The first-order chi connectivity index (χ1) is 6.83. The number of rotatable bonds is 2. The molecule has 0 atom stereocenters. The van der Waals surface area contributed by atoms with E-state index in [2.05, 4.69) is 0 Å². The molecule has 1 aromatic rings. The molecule has 4 nitrogen and oxygen atoms in total. The summed E-state index contributed by atoms with van der Waals surface area (Å²) < 4.78 is 10.7. The zero-order chi connectivity index (χ0) is 9.97. The van der Waals surface area contributed by atoms with E-state index in [1.807, 2.05) is 0 Å². The topological polar surface area (TPSA) is 58.9 Å². The largest absolute Gasteiger partial charge is 0.508 e. The molecule has 0 spiro atoms. The molecule has 1 aromatic carbocycles. The molecular weight excluding hydrogens is 184 g/mol. The molecule has 0 aromatic heterocycles. The molecule has 0 amide bonds. The number of hydrogen-bond donors (Lipinski definition) is 2. The van der Waals surface area contributed by atoms with Crippen LogP contribution < -0.4 is 9.47 Å². The third-order valence-corrected chi connectivity index (χ3v) is 2.15. The van der Waals surface area contributed by atoms with Crippen molar-refractivity contribution in [3.63, 3.8) is 0 Å². The quantitative estimate of drug-likeness (QED) is 0.731. The number of hydrogen-bond acceptors (Lipinski definition) is 4. The van der Waals surface area contributed by atoms with Crippen molar-refractivity contribution in [2.24, 2.45) is 0 Å². The van der Waals surface area contributed by atoms with Crippen LogP contribution in [0.4, 0.5) is 0 Å². The molecule has 1 heterocycles. The summed E-state index contributed by atoms with van der Waals surface area (Å²) in [6.45, 7) is 0.985. The maximum Gasteiger partial charge on any atom is 0.168 e. The van der Waals surface area contributed by atoms with Crippen LogP contribution in [0.25, 0.3) is 0 Å². The van der Waals surface area contributed by atoms with Gasteiger partial charge in [0.2, 0.25) is 0 Å². The van der Waals surface area contributed by atoms with Crippen molar-refractivity contribution in [2.75, 3.05) is 19.8 Å². The van der Waals surface area contributed by atoms with Crippen molar-refractivity contribution in [1.29, 1.82) is 0 Å². The summed E-state index contributed by atoms with van der Waals surface area (Å²) in [4.78, 5) is 0. The van der Waals surface area contributed by atoms with Gasteiger partial charge in [0.15, 0.2) is 11.5 Å². The first-order valence-electron chi connectivity index (χ1n) is 4.54. The van der Waals surface area contributed by atoms with Crippen LogP contribution >= 0.6 is 0 Å². The van der Waals surface area contributed by atoms with Gasteiger partial charge in [0, 0.05) is 18.6 Å². The number of aliphatic hydroxyl groups excluding tert-OH is 1. The monoisotopic (exact) mass is 196 g/mol. The molecule has 4 heteroatoms. The maximum absolute atomic E-state index is 9.55. The van der Waals surface area contributed by atoms with Gasteiger partial charge in [-0.05, 0) is 12.1 Å². The Bertz CT molecular complexity index is 335. The summed E-state index contributed by atoms with van der Waals surface area (Å²) in [5.41, 5.74) is 0.615. The Hall–Kier alpha value is -1.42. The summed E-state index contributed by atoms with van der Waals surface area (Å²) in [6.07, 6.45) is 0.373. The molecule has 0 bridgehead atoms. The second-order valence-corrected chi connectivity index (χ2v) is 3.06. The lowest BCUT2D eigenvalue weighted by Crippen LogP contribution is -2.16. The Kier molecular flexibility index (Phi) is 2.45. The third kappa shape index (κ3) is 1.48. The Morgan fingerprint density at radius 1 is 1.21 bits per heavy atom. The van der Waals surface area contributed by atoms with E-state index in [0.717, 1.165) is 0 Å². The molecule has 0 saturated heterocycles. The average molecular weight is 196 g/mol. The second-order valence-electron chi connectivity index (χ2n) is 3.06. The number of benzene rings is 1. The molecule has 0 unspecified atom stereocenters. The molecule has 2 N–H and O–H groups in total. The van der Waals surface area contributed by atoms with Gasteiger partial charge in [0.05, 0.1) is 0 Å². The highest BCUT2D eigenvalue weighted by atomic mass is 16.6. The van der Waals surface area contributed by atoms with Gasteiger partial charge in [0.1, 0.15) is 19.0 Å². The number of aromatic hydroxyl groups is 1. The highest BCUT2D eigenvalue weighted by Crippen LogP contribution is 2.38. The Morgan fingerprint density at radius 3 is 2.79 bits per heavy atom. The van der Waals surface area contributed by atoms with E-state index in [-0.39, 0.29) is 12.4 Å². The lowest BCUT2D eigenvalue weighted by Gasteiger charge is -2.21. The van der Waals surface area contributed by atoms with Crippen LogP contribution in [0.5, 0.6) is 17.2 Å². The normalized spacial score (nSPS) is 14.1. The zero-order valence-corrected chi connectivity index (χ0v) is 7.69. The Balaban J connectivity index is 2.43. The first kappa shape index (κ1) is 9.15. The van der Waals surface area contributed by atoms with E-state index in [4.69, 9.17) is 14.6 Å². The van der Waals surface area contributed by atoms with Crippen molar-refractivity contribution >= 4 is 0 Å². The van der Waals surface area contributed by atoms with Crippen molar-refractivity contribution in [2.45, 2.75) is 6.42 Å². The highest BCUT2D eigenvalue weighted by molar-refractivity contribution is 5.54. The highest BCUT2D eigenvalue weighted by Gasteiger charge is 2.18. The van der Waals surface area contributed by atoms with Crippen LogP contribution in [-0.2, 0) is 6.42 Å². The van der Waals surface area contributed by atoms with E-state index in [9.17, 15) is 5.11 Å². The Labute approximate surface area is 81.7 Å².